The summed E-state index contributed by atoms with van der Waals surface area (Å²) < 4.78 is 0. The molecule has 2 N–H and O–H groups in total. The Morgan fingerprint density at radius 2 is 1.50 bits per heavy atom. The lowest BCUT2D eigenvalue weighted by atomic mass is 9.91. The number of hydrogen-bond donors (Lipinski definition) is 2. The van der Waals surface area contributed by atoms with Gasteiger partial charge in [0.25, 0.3) is 0 Å². The van der Waals surface area contributed by atoms with Gasteiger partial charge in [-0.2, -0.15) is 0 Å². The zero-order chi connectivity index (χ0) is 10.9. The van der Waals surface area contributed by atoms with E-state index in [1.165, 1.54) is 0 Å². The third-order valence-corrected chi connectivity index (χ3v) is 2.93. The van der Waals surface area contributed by atoms with Gasteiger partial charge in [0.15, 0.2) is 0 Å². The van der Waals surface area contributed by atoms with Crippen molar-refractivity contribution in [1.29, 1.82) is 0 Å². The summed E-state index contributed by atoms with van der Waals surface area (Å²) in [6, 6.07) is 2.11. The first-order valence-electron chi connectivity index (χ1n) is 4.85. The molecule has 0 spiro atoms. The van der Waals surface area contributed by atoms with Gasteiger partial charge >= 0.3 is 0 Å². The summed E-state index contributed by atoms with van der Waals surface area (Å²) in [5.41, 5.74) is 5.36. The van der Waals surface area contributed by atoms with Crippen molar-refractivity contribution >= 4 is 0 Å². The average molecular weight is 194 g/mol. The van der Waals surface area contributed by atoms with Gasteiger partial charge in [0.1, 0.15) is 6.10 Å². The standard InChI is InChI=1S/C12H18O2/c1-7-5-8(2)10(4)12(9(7)3)11(14)6-13/h5,11,13-14H,6H2,1-4H3. The second kappa shape index (κ2) is 4.11. The van der Waals surface area contributed by atoms with E-state index in [1.807, 2.05) is 27.7 Å². The van der Waals surface area contributed by atoms with Crippen LogP contribution in [0.5, 0.6) is 0 Å². The van der Waals surface area contributed by atoms with Gasteiger partial charge in [0.05, 0.1) is 6.61 Å². The van der Waals surface area contributed by atoms with Crippen LogP contribution in [0.2, 0.25) is 0 Å². The Hall–Kier alpha value is -0.860. The van der Waals surface area contributed by atoms with Crippen LogP contribution in [0, 0.1) is 27.7 Å². The van der Waals surface area contributed by atoms with Crippen molar-refractivity contribution in [2.45, 2.75) is 33.8 Å². The Labute approximate surface area is 85.2 Å². The van der Waals surface area contributed by atoms with E-state index in [0.29, 0.717) is 0 Å². The molecule has 0 aromatic heterocycles. The van der Waals surface area contributed by atoms with Crippen LogP contribution in [-0.2, 0) is 0 Å². The number of rotatable bonds is 2. The van der Waals surface area contributed by atoms with E-state index >= 15 is 0 Å². The molecule has 0 saturated carbocycles. The quantitative estimate of drug-likeness (QED) is 0.755. The molecule has 0 aliphatic rings. The van der Waals surface area contributed by atoms with Crippen LogP contribution in [0.4, 0.5) is 0 Å². The van der Waals surface area contributed by atoms with Crippen molar-refractivity contribution in [2.75, 3.05) is 6.61 Å². The molecule has 2 nitrogen and oxygen atoms in total. The predicted octanol–water partition coefficient (Wildman–Crippen LogP) is 1.95. The van der Waals surface area contributed by atoms with Crippen molar-refractivity contribution in [3.8, 4) is 0 Å². The van der Waals surface area contributed by atoms with Gasteiger partial charge in [-0.05, 0) is 55.5 Å². The van der Waals surface area contributed by atoms with E-state index in [0.717, 1.165) is 27.8 Å². The first-order valence-corrected chi connectivity index (χ1v) is 4.85. The van der Waals surface area contributed by atoms with Gasteiger partial charge in [-0.1, -0.05) is 6.07 Å². The first kappa shape index (κ1) is 11.2. The van der Waals surface area contributed by atoms with Crippen LogP contribution in [0.25, 0.3) is 0 Å². The zero-order valence-corrected chi connectivity index (χ0v) is 9.26. The second-order valence-corrected chi connectivity index (χ2v) is 3.87. The lowest BCUT2D eigenvalue weighted by molar-refractivity contribution is 0.0945. The fourth-order valence-corrected chi connectivity index (χ4v) is 1.84. The van der Waals surface area contributed by atoms with Crippen molar-refractivity contribution < 1.29 is 10.2 Å². The molecule has 0 amide bonds. The minimum atomic E-state index is -0.756. The molecule has 1 aromatic carbocycles. The number of aliphatic hydroxyl groups excluding tert-OH is 2. The molecule has 0 saturated heterocycles. The van der Waals surface area contributed by atoms with Crippen molar-refractivity contribution in [3.05, 3.63) is 33.9 Å². The van der Waals surface area contributed by atoms with Crippen LogP contribution >= 0.6 is 0 Å². The highest BCUT2D eigenvalue weighted by atomic mass is 16.3. The zero-order valence-electron chi connectivity index (χ0n) is 9.26. The predicted molar refractivity (Wildman–Crippen MR) is 57.4 cm³/mol. The summed E-state index contributed by atoms with van der Waals surface area (Å²) in [6.45, 7) is 7.79. The molecule has 14 heavy (non-hydrogen) atoms. The maximum atomic E-state index is 9.69. The Morgan fingerprint density at radius 1 is 1.07 bits per heavy atom. The summed E-state index contributed by atoms with van der Waals surface area (Å²) in [6.07, 6.45) is -0.756. The van der Waals surface area contributed by atoms with E-state index in [4.69, 9.17) is 5.11 Å². The van der Waals surface area contributed by atoms with Gasteiger partial charge in [-0.25, -0.2) is 0 Å². The molecule has 0 fully saturated rings. The highest BCUT2D eigenvalue weighted by Gasteiger charge is 2.15. The van der Waals surface area contributed by atoms with Gasteiger partial charge in [0.2, 0.25) is 0 Å². The molecule has 2 heteroatoms. The van der Waals surface area contributed by atoms with Gasteiger partial charge in [-0.3, -0.25) is 0 Å². The summed E-state index contributed by atoms with van der Waals surface area (Å²) in [5.74, 6) is 0. The fourth-order valence-electron chi connectivity index (χ4n) is 1.84. The van der Waals surface area contributed by atoms with Gasteiger partial charge in [-0.15, -0.1) is 0 Å². The third kappa shape index (κ3) is 1.81. The fraction of sp³-hybridized carbons (Fsp3) is 0.500. The maximum Gasteiger partial charge on any atom is 0.103 e. The Bertz CT molecular complexity index is 316. The number of benzene rings is 1. The molecule has 1 unspecified atom stereocenters. The van der Waals surface area contributed by atoms with E-state index in [2.05, 4.69) is 6.07 Å². The van der Waals surface area contributed by atoms with E-state index in [1.54, 1.807) is 0 Å². The Kier molecular flexibility index (Phi) is 3.29. The van der Waals surface area contributed by atoms with Crippen molar-refractivity contribution in [3.63, 3.8) is 0 Å². The monoisotopic (exact) mass is 194 g/mol. The second-order valence-electron chi connectivity index (χ2n) is 3.87. The summed E-state index contributed by atoms with van der Waals surface area (Å²) in [5, 5.41) is 18.7. The lowest BCUT2D eigenvalue weighted by Gasteiger charge is -2.18. The molecule has 1 aromatic rings. The number of aryl methyl sites for hydroxylation is 2. The van der Waals surface area contributed by atoms with Gasteiger partial charge < -0.3 is 10.2 Å². The molecule has 0 radical (unpaired) electrons. The molecule has 0 aliphatic heterocycles. The van der Waals surface area contributed by atoms with Crippen LogP contribution in [0.1, 0.15) is 33.9 Å². The Morgan fingerprint density at radius 3 is 1.86 bits per heavy atom. The SMILES string of the molecule is Cc1cc(C)c(C)c(C(O)CO)c1C. The molecule has 1 rings (SSSR count). The number of aliphatic hydroxyl groups is 2. The van der Waals surface area contributed by atoms with Crippen LogP contribution < -0.4 is 0 Å². The molecule has 78 valence electrons. The highest BCUT2D eigenvalue weighted by Crippen LogP contribution is 2.26. The van der Waals surface area contributed by atoms with E-state index in [-0.39, 0.29) is 6.61 Å². The third-order valence-electron chi connectivity index (χ3n) is 2.93. The molecular weight excluding hydrogens is 176 g/mol. The summed E-state index contributed by atoms with van der Waals surface area (Å²) in [7, 11) is 0. The summed E-state index contributed by atoms with van der Waals surface area (Å²) in [4.78, 5) is 0. The lowest BCUT2D eigenvalue weighted by Crippen LogP contribution is -2.09. The van der Waals surface area contributed by atoms with Crippen LogP contribution in [0.15, 0.2) is 6.07 Å². The molecule has 1 atom stereocenters. The largest absolute Gasteiger partial charge is 0.393 e. The number of hydrogen-bond acceptors (Lipinski definition) is 2. The molecule has 0 heterocycles. The minimum absolute atomic E-state index is 0.218. The molecule has 0 aliphatic carbocycles. The Balaban J connectivity index is 3.39. The normalized spacial score (nSPS) is 13.0. The van der Waals surface area contributed by atoms with Gasteiger partial charge in [0, 0.05) is 0 Å². The first-order chi connectivity index (χ1) is 6.49. The van der Waals surface area contributed by atoms with E-state index < -0.39 is 6.10 Å². The highest BCUT2D eigenvalue weighted by molar-refractivity contribution is 5.45. The van der Waals surface area contributed by atoms with Crippen LogP contribution in [-0.4, -0.2) is 16.8 Å². The minimum Gasteiger partial charge on any atom is -0.393 e. The van der Waals surface area contributed by atoms with Crippen LogP contribution in [0.3, 0.4) is 0 Å². The van der Waals surface area contributed by atoms with Crippen molar-refractivity contribution in [2.24, 2.45) is 0 Å². The van der Waals surface area contributed by atoms with Crippen molar-refractivity contribution in [1.82, 2.24) is 0 Å². The topological polar surface area (TPSA) is 40.5 Å². The molecular formula is C12H18O2. The average Bonchev–Trinajstić information content (AvgIpc) is 2.15. The molecule has 0 bridgehead atoms. The maximum absolute atomic E-state index is 9.69. The summed E-state index contributed by atoms with van der Waals surface area (Å²) >= 11 is 0. The smallest absolute Gasteiger partial charge is 0.103 e. The van der Waals surface area contributed by atoms with E-state index in [9.17, 15) is 5.11 Å².